The second-order valence-corrected chi connectivity index (χ2v) is 5.48. The highest BCUT2D eigenvalue weighted by atomic mass is 16.5. The van der Waals surface area contributed by atoms with Gasteiger partial charge in [0.05, 0.1) is 12.5 Å². The van der Waals surface area contributed by atoms with E-state index in [1.807, 2.05) is 24.3 Å². The third-order valence-corrected chi connectivity index (χ3v) is 3.75. The van der Waals surface area contributed by atoms with E-state index in [0.29, 0.717) is 17.5 Å². The minimum atomic E-state index is 0.0923. The van der Waals surface area contributed by atoms with Gasteiger partial charge < -0.3 is 14.3 Å². The minimum absolute atomic E-state index is 0.0923. The summed E-state index contributed by atoms with van der Waals surface area (Å²) in [4.78, 5) is 12.6. The smallest absolute Gasteiger partial charge is 0.293 e. The molecule has 0 unspecified atom stereocenters. The second-order valence-electron chi connectivity index (χ2n) is 5.48. The van der Waals surface area contributed by atoms with Crippen molar-refractivity contribution in [1.29, 1.82) is 0 Å². The molecule has 7 heteroatoms. The maximum absolute atomic E-state index is 5.26. The van der Waals surface area contributed by atoms with Crippen LogP contribution in [0.1, 0.15) is 18.5 Å². The SMILES string of the molecule is C[C@@H](Nc1cnccn1)c1ccc(-c2noc(-c3ccco3)n2)cc1. The first kappa shape index (κ1) is 15.1. The molecule has 7 nitrogen and oxygen atoms in total. The van der Waals surface area contributed by atoms with E-state index in [1.165, 1.54) is 0 Å². The lowest BCUT2D eigenvalue weighted by atomic mass is 10.1. The van der Waals surface area contributed by atoms with Crippen molar-refractivity contribution in [1.82, 2.24) is 20.1 Å². The van der Waals surface area contributed by atoms with Crippen molar-refractivity contribution in [2.24, 2.45) is 0 Å². The van der Waals surface area contributed by atoms with Gasteiger partial charge >= 0.3 is 0 Å². The number of nitrogens with zero attached hydrogens (tertiary/aromatic N) is 4. The summed E-state index contributed by atoms with van der Waals surface area (Å²) < 4.78 is 10.5. The van der Waals surface area contributed by atoms with Crippen molar-refractivity contribution in [2.75, 3.05) is 5.32 Å². The largest absolute Gasteiger partial charge is 0.459 e. The van der Waals surface area contributed by atoms with Gasteiger partial charge in [-0.05, 0) is 24.6 Å². The van der Waals surface area contributed by atoms with Crippen LogP contribution in [0, 0.1) is 0 Å². The van der Waals surface area contributed by atoms with E-state index >= 15 is 0 Å². The summed E-state index contributed by atoms with van der Waals surface area (Å²) in [6.07, 6.45) is 6.57. The van der Waals surface area contributed by atoms with Gasteiger partial charge in [-0.3, -0.25) is 4.98 Å². The summed E-state index contributed by atoms with van der Waals surface area (Å²) in [5.74, 6) is 2.17. The average molecular weight is 333 g/mol. The highest BCUT2D eigenvalue weighted by Crippen LogP contribution is 2.24. The first-order chi connectivity index (χ1) is 12.3. The number of furan rings is 1. The van der Waals surface area contributed by atoms with Gasteiger partial charge in [-0.1, -0.05) is 29.4 Å². The average Bonchev–Trinajstić information content (AvgIpc) is 3.34. The van der Waals surface area contributed by atoms with Gasteiger partial charge in [0.1, 0.15) is 5.82 Å². The van der Waals surface area contributed by atoms with Gasteiger partial charge in [0, 0.05) is 24.0 Å². The van der Waals surface area contributed by atoms with Crippen molar-refractivity contribution in [3.8, 4) is 23.0 Å². The molecule has 0 amide bonds. The molecule has 4 aromatic rings. The van der Waals surface area contributed by atoms with Gasteiger partial charge in [-0.15, -0.1) is 0 Å². The zero-order valence-electron chi connectivity index (χ0n) is 13.5. The molecule has 0 aliphatic heterocycles. The molecule has 3 aromatic heterocycles. The molecule has 4 rings (SSSR count). The van der Waals surface area contributed by atoms with Crippen LogP contribution in [0.15, 0.2) is 70.2 Å². The summed E-state index contributed by atoms with van der Waals surface area (Å²) in [5.41, 5.74) is 1.99. The molecule has 0 aliphatic carbocycles. The summed E-state index contributed by atoms with van der Waals surface area (Å²) in [7, 11) is 0. The number of hydrogen-bond acceptors (Lipinski definition) is 7. The molecule has 1 atom stereocenters. The van der Waals surface area contributed by atoms with E-state index in [4.69, 9.17) is 8.94 Å². The van der Waals surface area contributed by atoms with E-state index in [0.717, 1.165) is 16.9 Å². The quantitative estimate of drug-likeness (QED) is 0.591. The first-order valence-corrected chi connectivity index (χ1v) is 7.80. The van der Waals surface area contributed by atoms with Crippen LogP contribution in [-0.4, -0.2) is 20.1 Å². The number of anilines is 1. The van der Waals surface area contributed by atoms with E-state index in [2.05, 4.69) is 32.3 Å². The topological polar surface area (TPSA) is 89.9 Å². The van der Waals surface area contributed by atoms with Gasteiger partial charge in [-0.25, -0.2) is 4.98 Å². The van der Waals surface area contributed by atoms with Crippen LogP contribution >= 0.6 is 0 Å². The van der Waals surface area contributed by atoms with Gasteiger partial charge in [0.25, 0.3) is 5.89 Å². The maximum Gasteiger partial charge on any atom is 0.293 e. The molecule has 0 spiro atoms. The zero-order chi connectivity index (χ0) is 17.1. The lowest BCUT2D eigenvalue weighted by Crippen LogP contribution is -2.07. The van der Waals surface area contributed by atoms with Crippen molar-refractivity contribution in [2.45, 2.75) is 13.0 Å². The summed E-state index contributed by atoms with van der Waals surface area (Å²) in [5, 5.41) is 7.31. The van der Waals surface area contributed by atoms with E-state index in [9.17, 15) is 0 Å². The maximum atomic E-state index is 5.26. The molecule has 25 heavy (non-hydrogen) atoms. The predicted molar refractivity (Wildman–Crippen MR) is 91.5 cm³/mol. The van der Waals surface area contributed by atoms with Gasteiger partial charge in [0.2, 0.25) is 5.82 Å². The Morgan fingerprint density at radius 2 is 1.96 bits per heavy atom. The highest BCUT2D eigenvalue weighted by molar-refractivity contribution is 5.58. The van der Waals surface area contributed by atoms with Crippen LogP contribution in [0.25, 0.3) is 23.0 Å². The predicted octanol–water partition coefficient (Wildman–Crippen LogP) is 3.96. The molecule has 0 radical (unpaired) electrons. The molecular weight excluding hydrogens is 318 g/mol. The Labute approximate surface area is 143 Å². The lowest BCUT2D eigenvalue weighted by molar-refractivity contribution is 0.417. The van der Waals surface area contributed by atoms with Crippen molar-refractivity contribution < 1.29 is 8.94 Å². The van der Waals surface area contributed by atoms with E-state index in [1.54, 1.807) is 37.0 Å². The lowest BCUT2D eigenvalue weighted by Gasteiger charge is -2.14. The zero-order valence-corrected chi connectivity index (χ0v) is 13.5. The van der Waals surface area contributed by atoms with Gasteiger partial charge in [-0.2, -0.15) is 4.98 Å². The summed E-state index contributed by atoms with van der Waals surface area (Å²) in [6.45, 7) is 2.06. The first-order valence-electron chi connectivity index (χ1n) is 7.80. The second kappa shape index (κ2) is 6.56. The van der Waals surface area contributed by atoms with Crippen LogP contribution in [0.5, 0.6) is 0 Å². The number of aromatic nitrogens is 4. The molecule has 3 heterocycles. The Morgan fingerprint density at radius 1 is 1.08 bits per heavy atom. The molecule has 0 saturated heterocycles. The van der Waals surface area contributed by atoms with Crippen LogP contribution in [0.3, 0.4) is 0 Å². The fourth-order valence-corrected chi connectivity index (χ4v) is 2.44. The normalized spacial score (nSPS) is 12.0. The molecular formula is C18H15N5O2. The van der Waals surface area contributed by atoms with Crippen LogP contribution in [0.2, 0.25) is 0 Å². The molecule has 0 aliphatic rings. The third-order valence-electron chi connectivity index (χ3n) is 3.75. The molecule has 1 aromatic carbocycles. The van der Waals surface area contributed by atoms with Crippen molar-refractivity contribution in [3.63, 3.8) is 0 Å². The third kappa shape index (κ3) is 3.25. The number of rotatable bonds is 5. The van der Waals surface area contributed by atoms with Gasteiger partial charge in [0.15, 0.2) is 5.76 Å². The van der Waals surface area contributed by atoms with Crippen LogP contribution in [-0.2, 0) is 0 Å². The fourth-order valence-electron chi connectivity index (χ4n) is 2.44. The molecule has 0 saturated carbocycles. The van der Waals surface area contributed by atoms with Crippen molar-refractivity contribution >= 4 is 5.82 Å². The molecule has 124 valence electrons. The number of benzene rings is 1. The summed E-state index contributed by atoms with van der Waals surface area (Å²) >= 11 is 0. The standard InChI is InChI=1S/C18H15N5O2/c1-12(21-16-11-19-8-9-20-16)13-4-6-14(7-5-13)17-22-18(25-23-17)15-3-2-10-24-15/h2-12H,1H3,(H,20,21)/t12-/m1/s1. The van der Waals surface area contributed by atoms with E-state index in [-0.39, 0.29) is 6.04 Å². The Morgan fingerprint density at radius 3 is 2.68 bits per heavy atom. The minimum Gasteiger partial charge on any atom is -0.459 e. The Balaban J connectivity index is 1.50. The van der Waals surface area contributed by atoms with Crippen molar-refractivity contribution in [3.05, 3.63) is 66.8 Å². The van der Waals surface area contributed by atoms with Crippen LogP contribution < -0.4 is 5.32 Å². The van der Waals surface area contributed by atoms with Crippen LogP contribution in [0.4, 0.5) is 5.82 Å². The van der Waals surface area contributed by atoms with E-state index < -0.39 is 0 Å². The molecule has 0 fully saturated rings. The Hall–Kier alpha value is -3.48. The monoisotopic (exact) mass is 333 g/mol. The Bertz CT molecular complexity index is 933. The number of hydrogen-bond donors (Lipinski definition) is 1. The molecule has 1 N–H and O–H groups in total. The number of nitrogens with one attached hydrogen (secondary N) is 1. The summed E-state index contributed by atoms with van der Waals surface area (Å²) in [6, 6.07) is 11.6. The highest BCUT2D eigenvalue weighted by Gasteiger charge is 2.13. The molecule has 0 bridgehead atoms. The Kier molecular flexibility index (Phi) is 3.96. The fraction of sp³-hybridized carbons (Fsp3) is 0.111.